The number of nitrogens with zero attached hydrogens (tertiary/aromatic N) is 4. The number of carbonyl (C=O) groups excluding carboxylic acids is 1. The molecule has 0 radical (unpaired) electrons. The molecule has 1 amide bonds. The van der Waals surface area contributed by atoms with Gasteiger partial charge in [-0.25, -0.2) is 0 Å². The lowest BCUT2D eigenvalue weighted by Crippen LogP contribution is -2.13. The second kappa shape index (κ2) is 5.41. The second-order valence-electron chi connectivity index (χ2n) is 4.09. The molecular formula is C12H11N7O2. The van der Waals surface area contributed by atoms with Crippen LogP contribution in [-0.2, 0) is 0 Å². The van der Waals surface area contributed by atoms with E-state index in [0.717, 1.165) is 5.56 Å². The van der Waals surface area contributed by atoms with Crippen molar-refractivity contribution in [2.24, 2.45) is 0 Å². The number of hydrogen-bond donors (Lipinski definition) is 3. The topological polar surface area (TPSA) is 121 Å². The molecule has 21 heavy (non-hydrogen) atoms. The van der Waals surface area contributed by atoms with Gasteiger partial charge in [-0.2, -0.15) is 10.3 Å². The second-order valence-corrected chi connectivity index (χ2v) is 4.09. The van der Waals surface area contributed by atoms with Crippen LogP contribution in [0.3, 0.4) is 0 Å². The molecule has 0 unspecified atom stereocenters. The highest BCUT2D eigenvalue weighted by molar-refractivity contribution is 6.02. The van der Waals surface area contributed by atoms with Gasteiger partial charge in [0.1, 0.15) is 11.4 Å². The first-order chi connectivity index (χ1) is 10.3. The molecule has 0 fully saturated rings. The van der Waals surface area contributed by atoms with E-state index in [-0.39, 0.29) is 11.6 Å². The number of anilines is 1. The zero-order chi connectivity index (χ0) is 14.7. The number of nitrogens with one attached hydrogen (secondary N) is 3. The SMILES string of the molecule is COc1cccc(-c2cc(C(=O)Nc3nn[nH]n3)[nH]n2)c1. The minimum Gasteiger partial charge on any atom is -0.497 e. The van der Waals surface area contributed by atoms with Crippen molar-refractivity contribution in [1.82, 2.24) is 30.8 Å². The van der Waals surface area contributed by atoms with Crippen LogP contribution < -0.4 is 10.1 Å². The minimum absolute atomic E-state index is 0.0949. The Morgan fingerprint density at radius 2 is 2.19 bits per heavy atom. The first-order valence-electron chi connectivity index (χ1n) is 6.01. The van der Waals surface area contributed by atoms with Crippen molar-refractivity contribution >= 4 is 11.9 Å². The maximum Gasteiger partial charge on any atom is 0.276 e. The molecule has 9 nitrogen and oxygen atoms in total. The molecule has 2 heterocycles. The van der Waals surface area contributed by atoms with Crippen molar-refractivity contribution in [2.75, 3.05) is 12.4 Å². The molecule has 3 N–H and O–H groups in total. The third-order valence-electron chi connectivity index (χ3n) is 2.76. The number of aromatic amines is 2. The van der Waals surface area contributed by atoms with Gasteiger partial charge in [0, 0.05) is 5.56 Å². The Morgan fingerprint density at radius 3 is 2.95 bits per heavy atom. The molecule has 0 saturated carbocycles. The van der Waals surface area contributed by atoms with Gasteiger partial charge < -0.3 is 4.74 Å². The maximum atomic E-state index is 12.0. The third-order valence-corrected chi connectivity index (χ3v) is 2.76. The lowest BCUT2D eigenvalue weighted by Gasteiger charge is -2.00. The molecule has 0 atom stereocenters. The molecule has 0 aliphatic rings. The van der Waals surface area contributed by atoms with E-state index >= 15 is 0 Å². The molecule has 0 aliphatic heterocycles. The predicted octanol–water partition coefficient (Wildman–Crippen LogP) is 0.851. The van der Waals surface area contributed by atoms with Gasteiger partial charge in [-0.3, -0.25) is 15.2 Å². The molecular weight excluding hydrogens is 274 g/mol. The molecule has 9 heteroatoms. The van der Waals surface area contributed by atoms with Crippen LogP contribution in [-0.4, -0.2) is 43.8 Å². The third kappa shape index (κ3) is 2.71. The maximum absolute atomic E-state index is 12.0. The summed E-state index contributed by atoms with van der Waals surface area (Å²) in [6, 6.07) is 9.02. The van der Waals surface area contributed by atoms with Crippen molar-refractivity contribution in [3.63, 3.8) is 0 Å². The summed E-state index contributed by atoms with van der Waals surface area (Å²) >= 11 is 0. The Hall–Kier alpha value is -3.23. The number of ether oxygens (including phenoxy) is 1. The van der Waals surface area contributed by atoms with E-state index in [0.29, 0.717) is 11.4 Å². The molecule has 0 bridgehead atoms. The molecule has 2 aromatic heterocycles. The van der Waals surface area contributed by atoms with Crippen LogP contribution in [0.1, 0.15) is 10.5 Å². The molecule has 3 aromatic rings. The first-order valence-corrected chi connectivity index (χ1v) is 6.01. The molecule has 1 aromatic carbocycles. The fourth-order valence-corrected chi connectivity index (χ4v) is 1.75. The minimum atomic E-state index is -0.405. The van der Waals surface area contributed by atoms with E-state index in [1.165, 1.54) is 0 Å². The van der Waals surface area contributed by atoms with E-state index in [1.54, 1.807) is 13.2 Å². The van der Waals surface area contributed by atoms with E-state index in [2.05, 4.69) is 36.1 Å². The zero-order valence-corrected chi connectivity index (χ0v) is 11.0. The average molecular weight is 285 g/mol. The number of benzene rings is 1. The van der Waals surface area contributed by atoms with Crippen LogP contribution >= 0.6 is 0 Å². The van der Waals surface area contributed by atoms with Crippen LogP contribution in [0, 0.1) is 0 Å². The van der Waals surface area contributed by atoms with E-state index < -0.39 is 5.91 Å². The monoisotopic (exact) mass is 285 g/mol. The first kappa shape index (κ1) is 12.8. The number of methoxy groups -OCH3 is 1. The zero-order valence-electron chi connectivity index (χ0n) is 11.0. The van der Waals surface area contributed by atoms with Gasteiger partial charge in [0.25, 0.3) is 11.9 Å². The summed E-state index contributed by atoms with van der Waals surface area (Å²) in [5.74, 6) is 0.406. The normalized spacial score (nSPS) is 10.3. The van der Waals surface area contributed by atoms with E-state index in [9.17, 15) is 4.79 Å². The van der Waals surface area contributed by atoms with Crippen molar-refractivity contribution < 1.29 is 9.53 Å². The predicted molar refractivity (Wildman–Crippen MR) is 72.7 cm³/mol. The van der Waals surface area contributed by atoms with Gasteiger partial charge in [-0.1, -0.05) is 17.2 Å². The number of rotatable bonds is 4. The molecule has 0 aliphatic carbocycles. The van der Waals surface area contributed by atoms with Crippen molar-refractivity contribution in [3.8, 4) is 17.0 Å². The highest BCUT2D eigenvalue weighted by atomic mass is 16.5. The van der Waals surface area contributed by atoms with Gasteiger partial charge in [0.2, 0.25) is 0 Å². The number of carbonyl (C=O) groups is 1. The Labute approximate surface area is 118 Å². The summed E-state index contributed by atoms with van der Waals surface area (Å²) in [4.78, 5) is 12.0. The van der Waals surface area contributed by atoms with Gasteiger partial charge >= 0.3 is 0 Å². The van der Waals surface area contributed by atoms with Crippen molar-refractivity contribution in [3.05, 3.63) is 36.0 Å². The molecule has 3 rings (SSSR count). The summed E-state index contributed by atoms with van der Waals surface area (Å²) in [6.45, 7) is 0. The standard InChI is InChI=1S/C12H11N7O2/c1-21-8-4-2-3-7(5-8)9-6-10(15-14-9)11(20)13-12-16-18-19-17-12/h2-6H,1H3,(H,14,15)(H2,13,16,17,18,19,20). The smallest absolute Gasteiger partial charge is 0.276 e. The van der Waals surface area contributed by atoms with E-state index in [1.807, 2.05) is 24.3 Å². The van der Waals surface area contributed by atoms with Crippen LogP contribution in [0.15, 0.2) is 30.3 Å². The highest BCUT2D eigenvalue weighted by Gasteiger charge is 2.13. The molecule has 0 saturated heterocycles. The van der Waals surface area contributed by atoms with E-state index in [4.69, 9.17) is 4.74 Å². The molecule has 106 valence electrons. The van der Waals surface area contributed by atoms with Crippen LogP contribution in [0.5, 0.6) is 5.75 Å². The summed E-state index contributed by atoms with van der Waals surface area (Å²) < 4.78 is 5.16. The van der Waals surface area contributed by atoms with Crippen LogP contribution in [0.4, 0.5) is 5.95 Å². The summed E-state index contributed by atoms with van der Waals surface area (Å²) in [6.07, 6.45) is 0. The molecule has 0 spiro atoms. The number of H-pyrrole nitrogens is 2. The Morgan fingerprint density at radius 1 is 1.29 bits per heavy atom. The van der Waals surface area contributed by atoms with Gasteiger partial charge in [0.05, 0.1) is 12.8 Å². The largest absolute Gasteiger partial charge is 0.497 e. The summed E-state index contributed by atoms with van der Waals surface area (Å²) in [5, 5.41) is 22.1. The summed E-state index contributed by atoms with van der Waals surface area (Å²) in [5.41, 5.74) is 1.76. The van der Waals surface area contributed by atoms with Crippen LogP contribution in [0.25, 0.3) is 11.3 Å². The average Bonchev–Trinajstić information content (AvgIpc) is 3.18. The number of aromatic nitrogens is 6. The van der Waals surface area contributed by atoms with Gasteiger partial charge in [-0.05, 0) is 23.4 Å². The Balaban J connectivity index is 1.80. The van der Waals surface area contributed by atoms with Gasteiger partial charge in [-0.15, -0.1) is 5.10 Å². The lowest BCUT2D eigenvalue weighted by molar-refractivity contribution is 0.102. The van der Waals surface area contributed by atoms with Crippen LogP contribution in [0.2, 0.25) is 0 Å². The Kier molecular flexibility index (Phi) is 3.29. The van der Waals surface area contributed by atoms with Gasteiger partial charge in [0.15, 0.2) is 0 Å². The highest BCUT2D eigenvalue weighted by Crippen LogP contribution is 2.22. The number of hydrogen-bond acceptors (Lipinski definition) is 6. The number of amides is 1. The Bertz CT molecular complexity index is 751. The summed E-state index contributed by atoms with van der Waals surface area (Å²) in [7, 11) is 1.59. The lowest BCUT2D eigenvalue weighted by atomic mass is 10.1. The van der Waals surface area contributed by atoms with Crippen molar-refractivity contribution in [2.45, 2.75) is 0 Å². The van der Waals surface area contributed by atoms with Crippen molar-refractivity contribution in [1.29, 1.82) is 0 Å². The fraction of sp³-hybridized carbons (Fsp3) is 0.0833. The fourth-order valence-electron chi connectivity index (χ4n) is 1.75. The quantitative estimate of drug-likeness (QED) is 0.653. The number of tetrazole rings is 1.